The van der Waals surface area contributed by atoms with Crippen molar-refractivity contribution in [3.63, 3.8) is 0 Å². The maximum atomic E-state index is 12.0. The fourth-order valence-electron chi connectivity index (χ4n) is 1.79. The van der Waals surface area contributed by atoms with Gasteiger partial charge in [0.15, 0.2) is 0 Å². The Morgan fingerprint density at radius 1 is 1.00 bits per heavy atom. The molecule has 1 amide bonds. The smallest absolute Gasteiger partial charge is 0.269 e. The zero-order valence-corrected chi connectivity index (χ0v) is 10.5. The van der Waals surface area contributed by atoms with Gasteiger partial charge in [-0.05, 0) is 37.6 Å². The number of benzene rings is 2. The summed E-state index contributed by atoms with van der Waals surface area (Å²) in [6.45, 7) is 3.95. The number of carbonyl (C=O) groups is 1. The Morgan fingerprint density at radius 2 is 1.72 bits per heavy atom. The molecule has 0 saturated heterocycles. The lowest BCUT2D eigenvalue weighted by atomic mass is 10.1. The standard InChI is InChI=1S/C15H16N2O/c1-11-8-9-14(12(2)10-11)15(18)17-16-13-6-4-3-5-7-13/h3-10,16H,1-2H3,(H,17,18). The largest absolute Gasteiger partial charge is 0.298 e. The number of rotatable bonds is 3. The summed E-state index contributed by atoms with van der Waals surface area (Å²) in [4.78, 5) is 12.0. The van der Waals surface area contributed by atoms with E-state index in [2.05, 4.69) is 10.9 Å². The second-order valence-electron chi connectivity index (χ2n) is 4.26. The molecule has 0 aromatic heterocycles. The third-order valence-electron chi connectivity index (χ3n) is 2.72. The van der Waals surface area contributed by atoms with Gasteiger partial charge in [0.25, 0.3) is 5.91 Å². The maximum absolute atomic E-state index is 12.0. The number of amides is 1. The minimum Gasteiger partial charge on any atom is -0.298 e. The molecular weight excluding hydrogens is 224 g/mol. The van der Waals surface area contributed by atoms with Crippen molar-refractivity contribution in [1.82, 2.24) is 5.43 Å². The Bertz CT molecular complexity index is 550. The van der Waals surface area contributed by atoms with E-state index in [-0.39, 0.29) is 5.91 Å². The Morgan fingerprint density at radius 3 is 2.39 bits per heavy atom. The molecule has 2 aromatic carbocycles. The van der Waals surface area contributed by atoms with Crippen LogP contribution < -0.4 is 10.9 Å². The molecule has 0 bridgehead atoms. The number of hydrazine groups is 1. The summed E-state index contributed by atoms with van der Waals surface area (Å²) in [6, 6.07) is 15.3. The topological polar surface area (TPSA) is 41.1 Å². The summed E-state index contributed by atoms with van der Waals surface area (Å²) >= 11 is 0. The Hall–Kier alpha value is -2.29. The van der Waals surface area contributed by atoms with Crippen LogP contribution in [-0.2, 0) is 0 Å². The zero-order valence-electron chi connectivity index (χ0n) is 10.5. The predicted octanol–water partition coefficient (Wildman–Crippen LogP) is 3.06. The highest BCUT2D eigenvalue weighted by Gasteiger charge is 2.07. The molecule has 0 heterocycles. The summed E-state index contributed by atoms with van der Waals surface area (Å²) in [5, 5.41) is 0. The van der Waals surface area contributed by atoms with E-state index < -0.39 is 0 Å². The number of carbonyl (C=O) groups excluding carboxylic acids is 1. The Kier molecular flexibility index (Phi) is 3.63. The van der Waals surface area contributed by atoms with E-state index in [4.69, 9.17) is 0 Å². The first-order valence-corrected chi connectivity index (χ1v) is 5.85. The quantitative estimate of drug-likeness (QED) is 0.809. The van der Waals surface area contributed by atoms with Crippen molar-refractivity contribution in [2.45, 2.75) is 13.8 Å². The molecule has 2 N–H and O–H groups in total. The molecule has 0 saturated carbocycles. The van der Waals surface area contributed by atoms with Gasteiger partial charge in [0.1, 0.15) is 0 Å². The van der Waals surface area contributed by atoms with Gasteiger partial charge >= 0.3 is 0 Å². The van der Waals surface area contributed by atoms with Crippen LogP contribution in [0.2, 0.25) is 0 Å². The van der Waals surface area contributed by atoms with Crippen molar-refractivity contribution in [2.24, 2.45) is 0 Å². The van der Waals surface area contributed by atoms with Crippen LogP contribution in [0.5, 0.6) is 0 Å². The van der Waals surface area contributed by atoms with Gasteiger partial charge in [0, 0.05) is 5.56 Å². The number of hydrogen-bond donors (Lipinski definition) is 2. The summed E-state index contributed by atoms with van der Waals surface area (Å²) in [7, 11) is 0. The van der Waals surface area contributed by atoms with Gasteiger partial charge < -0.3 is 0 Å². The minimum atomic E-state index is -0.128. The van der Waals surface area contributed by atoms with E-state index in [1.54, 1.807) is 0 Å². The van der Waals surface area contributed by atoms with E-state index in [0.29, 0.717) is 5.56 Å². The monoisotopic (exact) mass is 240 g/mol. The average molecular weight is 240 g/mol. The lowest BCUT2D eigenvalue weighted by Crippen LogP contribution is -2.29. The fourth-order valence-corrected chi connectivity index (χ4v) is 1.79. The number of aryl methyl sites for hydroxylation is 2. The van der Waals surface area contributed by atoms with Gasteiger partial charge in [-0.3, -0.25) is 15.6 Å². The molecule has 0 radical (unpaired) electrons. The molecule has 2 aromatic rings. The molecule has 0 atom stereocenters. The van der Waals surface area contributed by atoms with E-state index in [9.17, 15) is 4.79 Å². The van der Waals surface area contributed by atoms with Gasteiger partial charge in [-0.2, -0.15) is 0 Å². The molecule has 0 spiro atoms. The summed E-state index contributed by atoms with van der Waals surface area (Å²) in [6.07, 6.45) is 0. The highest BCUT2D eigenvalue weighted by atomic mass is 16.2. The number of para-hydroxylation sites is 1. The van der Waals surface area contributed by atoms with Crippen LogP contribution in [0, 0.1) is 13.8 Å². The molecular formula is C15H16N2O. The molecule has 0 aliphatic heterocycles. The van der Waals surface area contributed by atoms with Crippen molar-refractivity contribution in [3.05, 3.63) is 65.2 Å². The van der Waals surface area contributed by atoms with Crippen molar-refractivity contribution in [1.29, 1.82) is 0 Å². The van der Waals surface area contributed by atoms with Crippen molar-refractivity contribution in [3.8, 4) is 0 Å². The maximum Gasteiger partial charge on any atom is 0.269 e. The van der Waals surface area contributed by atoms with Gasteiger partial charge in [-0.25, -0.2) is 0 Å². The molecule has 0 aliphatic carbocycles. The summed E-state index contributed by atoms with van der Waals surface area (Å²) in [5.41, 5.74) is 9.24. The predicted molar refractivity (Wildman–Crippen MR) is 73.4 cm³/mol. The first kappa shape index (κ1) is 12.2. The molecule has 92 valence electrons. The van der Waals surface area contributed by atoms with E-state index in [1.807, 2.05) is 62.4 Å². The SMILES string of the molecule is Cc1ccc(C(=O)NNc2ccccc2)c(C)c1. The first-order valence-electron chi connectivity index (χ1n) is 5.85. The fraction of sp³-hybridized carbons (Fsp3) is 0.133. The lowest BCUT2D eigenvalue weighted by Gasteiger charge is -2.10. The van der Waals surface area contributed by atoms with Crippen LogP contribution in [0.1, 0.15) is 21.5 Å². The second kappa shape index (κ2) is 5.36. The van der Waals surface area contributed by atoms with Crippen molar-refractivity contribution in [2.75, 3.05) is 5.43 Å². The Labute approximate surface area is 107 Å². The molecule has 18 heavy (non-hydrogen) atoms. The third kappa shape index (κ3) is 2.88. The Balaban J connectivity index is 2.04. The summed E-state index contributed by atoms with van der Waals surface area (Å²) < 4.78 is 0. The second-order valence-corrected chi connectivity index (χ2v) is 4.26. The normalized spacial score (nSPS) is 9.89. The molecule has 0 fully saturated rings. The molecule has 2 rings (SSSR count). The molecule has 3 nitrogen and oxygen atoms in total. The zero-order chi connectivity index (χ0) is 13.0. The number of nitrogens with one attached hydrogen (secondary N) is 2. The van der Waals surface area contributed by atoms with E-state index in [0.717, 1.165) is 16.8 Å². The summed E-state index contributed by atoms with van der Waals surface area (Å²) in [5.74, 6) is -0.128. The van der Waals surface area contributed by atoms with Gasteiger partial charge in [-0.15, -0.1) is 0 Å². The lowest BCUT2D eigenvalue weighted by molar-refractivity contribution is 0.0962. The van der Waals surface area contributed by atoms with Crippen LogP contribution in [0.4, 0.5) is 5.69 Å². The van der Waals surface area contributed by atoms with Gasteiger partial charge in [-0.1, -0.05) is 35.9 Å². The van der Waals surface area contributed by atoms with E-state index >= 15 is 0 Å². The van der Waals surface area contributed by atoms with Gasteiger partial charge in [0.2, 0.25) is 0 Å². The first-order chi connectivity index (χ1) is 8.66. The molecule has 0 unspecified atom stereocenters. The van der Waals surface area contributed by atoms with Crippen molar-refractivity contribution < 1.29 is 4.79 Å². The minimum absolute atomic E-state index is 0.128. The highest BCUT2D eigenvalue weighted by molar-refractivity contribution is 5.96. The van der Waals surface area contributed by atoms with Crippen LogP contribution in [0.3, 0.4) is 0 Å². The van der Waals surface area contributed by atoms with Crippen molar-refractivity contribution >= 4 is 11.6 Å². The van der Waals surface area contributed by atoms with Crippen LogP contribution in [0.15, 0.2) is 48.5 Å². The number of hydrogen-bond acceptors (Lipinski definition) is 2. The molecule has 0 aliphatic rings. The highest BCUT2D eigenvalue weighted by Crippen LogP contribution is 2.10. The van der Waals surface area contributed by atoms with Crippen LogP contribution in [-0.4, -0.2) is 5.91 Å². The van der Waals surface area contributed by atoms with Gasteiger partial charge in [0.05, 0.1) is 5.69 Å². The number of anilines is 1. The average Bonchev–Trinajstić information content (AvgIpc) is 2.37. The van der Waals surface area contributed by atoms with Crippen LogP contribution in [0.25, 0.3) is 0 Å². The van der Waals surface area contributed by atoms with E-state index in [1.165, 1.54) is 0 Å². The third-order valence-corrected chi connectivity index (χ3v) is 2.72. The van der Waals surface area contributed by atoms with Crippen LogP contribution >= 0.6 is 0 Å². The molecule has 3 heteroatoms.